The van der Waals surface area contributed by atoms with Gasteiger partial charge >= 0.3 is 0 Å². The fourth-order valence-corrected chi connectivity index (χ4v) is 5.49. The minimum absolute atomic E-state index is 0.681. The van der Waals surface area contributed by atoms with Crippen LogP contribution in [0.5, 0.6) is 0 Å². The lowest BCUT2D eigenvalue weighted by Crippen LogP contribution is -2.78. The molecule has 1 fully saturated rings. The van der Waals surface area contributed by atoms with E-state index in [1.807, 2.05) is 0 Å². The Labute approximate surface area is 84.1 Å². The summed E-state index contributed by atoms with van der Waals surface area (Å²) in [4.78, 5) is 0. The molecule has 1 aliphatic rings. The maximum Gasteiger partial charge on any atom is 0.274 e. The van der Waals surface area contributed by atoms with Crippen LogP contribution in [0.1, 0.15) is 27.7 Å². The first-order chi connectivity index (χ1) is 6.17. The normalized spacial score (nSPS) is 30.9. The summed E-state index contributed by atoms with van der Waals surface area (Å²) in [5.74, 6) is 0. The molecule has 4 heteroatoms. The Morgan fingerprint density at radius 2 is 1.62 bits per heavy atom. The third-order valence-electron chi connectivity index (χ3n) is 3.18. The highest BCUT2D eigenvalue weighted by Crippen LogP contribution is 2.23. The van der Waals surface area contributed by atoms with Crippen LogP contribution < -0.4 is 0 Å². The van der Waals surface area contributed by atoms with Gasteiger partial charge in [0.1, 0.15) is 0 Å². The predicted octanol–water partition coefficient (Wildman–Crippen LogP) is 0.659. The van der Waals surface area contributed by atoms with E-state index in [1.54, 1.807) is 0 Å². The molecule has 78 valence electrons. The van der Waals surface area contributed by atoms with E-state index >= 15 is 0 Å². The van der Waals surface area contributed by atoms with Crippen LogP contribution in [0.25, 0.3) is 0 Å². The lowest BCUT2D eigenvalue weighted by Gasteiger charge is -2.57. The lowest BCUT2D eigenvalue weighted by molar-refractivity contribution is 0.0760. The summed E-state index contributed by atoms with van der Waals surface area (Å²) in [5.41, 5.74) is 0. The first kappa shape index (κ1) is 11.2. The highest BCUT2D eigenvalue weighted by molar-refractivity contribution is 6.52. The highest BCUT2D eigenvalue weighted by Gasteiger charge is 2.45. The third-order valence-corrected chi connectivity index (χ3v) is 7.11. The molecule has 0 unspecified atom stereocenters. The quantitative estimate of drug-likeness (QED) is 0.619. The van der Waals surface area contributed by atoms with E-state index in [2.05, 4.69) is 48.4 Å². The summed E-state index contributed by atoms with van der Waals surface area (Å²) in [7, 11) is 1.38. The molecule has 0 N–H and O–H groups in total. The number of nitrogens with zero attached hydrogens (tertiary/aromatic N) is 3. The van der Waals surface area contributed by atoms with Crippen LogP contribution in [0.2, 0.25) is 0 Å². The molecule has 0 radical (unpaired) electrons. The van der Waals surface area contributed by atoms with E-state index in [9.17, 15) is 0 Å². The standard InChI is InChI=1S/C9H23N3Si/c1-6-10(5)13-11(7-2)9(4)12(13)8-3/h9,13H,6-8H2,1-5H3. The maximum atomic E-state index is 2.66. The number of hydrogen-bond donors (Lipinski definition) is 0. The van der Waals surface area contributed by atoms with Gasteiger partial charge in [0.05, 0.1) is 6.17 Å². The monoisotopic (exact) mass is 201 g/mol. The third kappa shape index (κ3) is 1.81. The van der Waals surface area contributed by atoms with Crippen LogP contribution in [0, 0.1) is 0 Å². The molecule has 0 aromatic carbocycles. The first-order valence-corrected chi connectivity index (χ1v) is 6.93. The molecule has 13 heavy (non-hydrogen) atoms. The van der Waals surface area contributed by atoms with Crippen LogP contribution in [0.3, 0.4) is 0 Å². The van der Waals surface area contributed by atoms with Crippen LogP contribution in [0.15, 0.2) is 0 Å². The van der Waals surface area contributed by atoms with E-state index in [-0.39, 0.29) is 0 Å². The van der Waals surface area contributed by atoms with Gasteiger partial charge in [0.2, 0.25) is 0 Å². The van der Waals surface area contributed by atoms with Crippen LogP contribution in [-0.2, 0) is 0 Å². The molecule has 1 heterocycles. The number of hydrogen-bond acceptors (Lipinski definition) is 3. The molecule has 0 aliphatic carbocycles. The van der Waals surface area contributed by atoms with Gasteiger partial charge in [0.15, 0.2) is 0 Å². The molecule has 1 rings (SSSR count). The van der Waals surface area contributed by atoms with Crippen molar-refractivity contribution in [2.24, 2.45) is 0 Å². The van der Waals surface area contributed by atoms with Gasteiger partial charge in [-0.15, -0.1) is 0 Å². The van der Waals surface area contributed by atoms with Crippen molar-refractivity contribution >= 4 is 9.28 Å². The van der Waals surface area contributed by atoms with Crippen LogP contribution >= 0.6 is 0 Å². The minimum atomic E-state index is -0.883. The second-order valence-electron chi connectivity index (χ2n) is 3.71. The van der Waals surface area contributed by atoms with Gasteiger partial charge < -0.3 is 4.57 Å². The van der Waals surface area contributed by atoms with E-state index in [4.69, 9.17) is 0 Å². The molecule has 1 saturated heterocycles. The van der Waals surface area contributed by atoms with Crippen molar-refractivity contribution in [3.8, 4) is 0 Å². The van der Waals surface area contributed by atoms with Gasteiger partial charge in [-0.1, -0.05) is 20.8 Å². The Morgan fingerprint density at radius 3 is 1.92 bits per heavy atom. The molecule has 0 amide bonds. The summed E-state index contributed by atoms with van der Waals surface area (Å²) >= 11 is 0. The van der Waals surface area contributed by atoms with Crippen molar-refractivity contribution in [2.45, 2.75) is 33.9 Å². The summed E-state index contributed by atoms with van der Waals surface area (Å²) in [6.07, 6.45) is 0.681. The fourth-order valence-electron chi connectivity index (χ4n) is 2.22. The molecule has 3 nitrogen and oxygen atoms in total. The second kappa shape index (κ2) is 4.55. The van der Waals surface area contributed by atoms with E-state index in [0.29, 0.717) is 6.17 Å². The Kier molecular flexibility index (Phi) is 3.91. The molecule has 0 saturated carbocycles. The Bertz CT molecular complexity index is 153. The first-order valence-electron chi connectivity index (χ1n) is 5.39. The van der Waals surface area contributed by atoms with Gasteiger partial charge in [-0.25, -0.2) is 0 Å². The van der Waals surface area contributed by atoms with Crippen molar-refractivity contribution in [3.63, 3.8) is 0 Å². The van der Waals surface area contributed by atoms with Crippen molar-refractivity contribution < 1.29 is 0 Å². The maximum absolute atomic E-state index is 2.66. The largest absolute Gasteiger partial charge is 0.305 e. The van der Waals surface area contributed by atoms with Gasteiger partial charge in [-0.3, -0.25) is 9.13 Å². The van der Waals surface area contributed by atoms with Crippen molar-refractivity contribution in [1.82, 2.24) is 13.7 Å². The summed E-state index contributed by atoms with van der Waals surface area (Å²) in [6.45, 7) is 12.7. The zero-order valence-electron chi connectivity index (χ0n) is 9.62. The molecule has 0 aromatic heterocycles. The zero-order chi connectivity index (χ0) is 10.0. The van der Waals surface area contributed by atoms with E-state index < -0.39 is 9.28 Å². The molecule has 0 aromatic rings. The van der Waals surface area contributed by atoms with Crippen LogP contribution in [0.4, 0.5) is 0 Å². The van der Waals surface area contributed by atoms with Gasteiger partial charge in [-0.05, 0) is 33.6 Å². The van der Waals surface area contributed by atoms with Crippen molar-refractivity contribution in [3.05, 3.63) is 0 Å². The summed E-state index contributed by atoms with van der Waals surface area (Å²) in [6, 6.07) is 0. The Balaban J connectivity index is 2.59. The molecular formula is C9H23N3Si. The summed E-state index contributed by atoms with van der Waals surface area (Å²) in [5, 5.41) is 0. The molecule has 0 bridgehead atoms. The average Bonchev–Trinajstić information content (AvgIpc) is 2.14. The van der Waals surface area contributed by atoms with Gasteiger partial charge in [-0.2, -0.15) is 0 Å². The van der Waals surface area contributed by atoms with Gasteiger partial charge in [0, 0.05) is 0 Å². The highest BCUT2D eigenvalue weighted by atomic mass is 28.3. The second-order valence-corrected chi connectivity index (χ2v) is 6.61. The zero-order valence-corrected chi connectivity index (χ0v) is 10.8. The Hall–Kier alpha value is 0.0969. The predicted molar refractivity (Wildman–Crippen MR) is 59.7 cm³/mol. The van der Waals surface area contributed by atoms with E-state index in [0.717, 1.165) is 0 Å². The van der Waals surface area contributed by atoms with Crippen molar-refractivity contribution in [2.75, 3.05) is 26.7 Å². The van der Waals surface area contributed by atoms with Gasteiger partial charge in [0.25, 0.3) is 9.28 Å². The number of rotatable bonds is 4. The molecule has 0 atom stereocenters. The topological polar surface area (TPSA) is 9.72 Å². The van der Waals surface area contributed by atoms with E-state index in [1.165, 1.54) is 19.6 Å². The van der Waals surface area contributed by atoms with Crippen LogP contribution in [-0.4, -0.2) is 55.8 Å². The smallest absolute Gasteiger partial charge is 0.274 e. The molecular weight excluding hydrogens is 178 g/mol. The lowest BCUT2D eigenvalue weighted by atomic mass is 10.5. The average molecular weight is 201 g/mol. The molecule has 0 spiro atoms. The minimum Gasteiger partial charge on any atom is -0.305 e. The van der Waals surface area contributed by atoms with Crippen molar-refractivity contribution in [1.29, 1.82) is 0 Å². The Morgan fingerprint density at radius 1 is 1.15 bits per heavy atom. The SMILES string of the molecule is CCN(C)[SiH]1N(CC)C(C)N1CC. The summed E-state index contributed by atoms with van der Waals surface area (Å²) < 4.78 is 7.85. The fraction of sp³-hybridized carbons (Fsp3) is 1.00. The molecule has 1 aliphatic heterocycles.